The molecule has 0 unspecified atom stereocenters. The second-order valence-electron chi connectivity index (χ2n) is 5.37. The molecule has 1 aliphatic carbocycles. The van der Waals surface area contributed by atoms with E-state index in [0.717, 1.165) is 18.8 Å². The molecular formula is C14H22N2. The number of anilines is 1. The monoisotopic (exact) mass is 218 g/mol. The standard InChI is InChI=1S/C14H22N2/c1-14(7-2-3-8-14)11-16-10-12-5-4-6-13(15)9-12/h4-6,9,16H,2-3,7-8,10-11,15H2,1H3. The van der Waals surface area contributed by atoms with Crippen LogP contribution in [0.3, 0.4) is 0 Å². The van der Waals surface area contributed by atoms with Gasteiger partial charge in [0, 0.05) is 18.8 Å². The van der Waals surface area contributed by atoms with E-state index in [4.69, 9.17) is 5.73 Å². The number of nitrogens with two attached hydrogens (primary N) is 1. The van der Waals surface area contributed by atoms with Crippen LogP contribution in [-0.4, -0.2) is 6.54 Å². The fourth-order valence-corrected chi connectivity index (χ4v) is 2.62. The third-order valence-corrected chi connectivity index (χ3v) is 3.64. The first-order chi connectivity index (χ1) is 7.68. The van der Waals surface area contributed by atoms with E-state index in [2.05, 4.69) is 18.3 Å². The summed E-state index contributed by atoms with van der Waals surface area (Å²) in [6.07, 6.45) is 5.54. The Kier molecular flexibility index (Phi) is 3.49. The Morgan fingerprint density at radius 1 is 1.31 bits per heavy atom. The molecule has 0 atom stereocenters. The Balaban J connectivity index is 1.79. The normalized spacial score (nSPS) is 18.8. The lowest BCUT2D eigenvalue weighted by Crippen LogP contribution is -2.29. The average Bonchev–Trinajstić information content (AvgIpc) is 2.65. The van der Waals surface area contributed by atoms with E-state index < -0.39 is 0 Å². The lowest BCUT2D eigenvalue weighted by Gasteiger charge is -2.23. The highest BCUT2D eigenvalue weighted by Crippen LogP contribution is 2.36. The van der Waals surface area contributed by atoms with Gasteiger partial charge in [0.1, 0.15) is 0 Å². The number of rotatable bonds is 4. The van der Waals surface area contributed by atoms with Gasteiger partial charge in [-0.2, -0.15) is 0 Å². The fourth-order valence-electron chi connectivity index (χ4n) is 2.62. The summed E-state index contributed by atoms with van der Waals surface area (Å²) in [6.45, 7) is 4.45. The zero-order valence-electron chi connectivity index (χ0n) is 10.1. The van der Waals surface area contributed by atoms with Gasteiger partial charge in [-0.25, -0.2) is 0 Å². The van der Waals surface area contributed by atoms with E-state index in [1.807, 2.05) is 18.2 Å². The summed E-state index contributed by atoms with van der Waals surface area (Å²) in [5, 5.41) is 3.56. The average molecular weight is 218 g/mol. The molecule has 2 rings (SSSR count). The number of nitrogens with one attached hydrogen (secondary N) is 1. The minimum Gasteiger partial charge on any atom is -0.399 e. The molecule has 0 amide bonds. The third kappa shape index (κ3) is 2.99. The fraction of sp³-hybridized carbons (Fsp3) is 0.571. The molecule has 0 aromatic heterocycles. The van der Waals surface area contributed by atoms with Crippen molar-refractivity contribution in [2.45, 2.75) is 39.2 Å². The van der Waals surface area contributed by atoms with Crippen LogP contribution >= 0.6 is 0 Å². The predicted molar refractivity (Wildman–Crippen MR) is 69.1 cm³/mol. The Morgan fingerprint density at radius 2 is 2.06 bits per heavy atom. The Labute approximate surface area is 98.2 Å². The van der Waals surface area contributed by atoms with Crippen LogP contribution in [-0.2, 0) is 6.54 Å². The van der Waals surface area contributed by atoms with E-state index in [0.29, 0.717) is 5.41 Å². The van der Waals surface area contributed by atoms with Crippen LogP contribution < -0.4 is 11.1 Å². The van der Waals surface area contributed by atoms with Crippen molar-refractivity contribution in [2.24, 2.45) is 5.41 Å². The minimum atomic E-state index is 0.528. The molecule has 0 saturated heterocycles. The van der Waals surface area contributed by atoms with Crippen molar-refractivity contribution in [3.8, 4) is 0 Å². The lowest BCUT2D eigenvalue weighted by atomic mass is 9.89. The Hall–Kier alpha value is -1.02. The summed E-state index contributed by atoms with van der Waals surface area (Å²) in [5.74, 6) is 0. The molecule has 88 valence electrons. The third-order valence-electron chi connectivity index (χ3n) is 3.64. The van der Waals surface area contributed by atoms with Gasteiger partial charge in [-0.1, -0.05) is 31.9 Å². The highest BCUT2D eigenvalue weighted by molar-refractivity contribution is 5.40. The van der Waals surface area contributed by atoms with Gasteiger partial charge in [-0.15, -0.1) is 0 Å². The highest BCUT2D eigenvalue weighted by atomic mass is 14.9. The van der Waals surface area contributed by atoms with Crippen LogP contribution in [0.5, 0.6) is 0 Å². The van der Waals surface area contributed by atoms with Gasteiger partial charge >= 0.3 is 0 Å². The van der Waals surface area contributed by atoms with Gasteiger partial charge in [0.2, 0.25) is 0 Å². The van der Waals surface area contributed by atoms with Crippen LogP contribution in [0.4, 0.5) is 5.69 Å². The molecule has 1 fully saturated rings. The highest BCUT2D eigenvalue weighted by Gasteiger charge is 2.27. The number of hydrogen-bond acceptors (Lipinski definition) is 2. The van der Waals surface area contributed by atoms with Gasteiger partial charge in [0.15, 0.2) is 0 Å². The van der Waals surface area contributed by atoms with Gasteiger partial charge < -0.3 is 11.1 Å². The second-order valence-corrected chi connectivity index (χ2v) is 5.37. The van der Waals surface area contributed by atoms with Crippen LogP contribution in [0.2, 0.25) is 0 Å². The minimum absolute atomic E-state index is 0.528. The maximum Gasteiger partial charge on any atom is 0.0317 e. The predicted octanol–water partition coefficient (Wildman–Crippen LogP) is 2.94. The second kappa shape index (κ2) is 4.88. The van der Waals surface area contributed by atoms with Crippen molar-refractivity contribution < 1.29 is 0 Å². The van der Waals surface area contributed by atoms with Crippen LogP contribution in [0.15, 0.2) is 24.3 Å². The molecule has 0 spiro atoms. The van der Waals surface area contributed by atoms with Gasteiger partial charge in [-0.3, -0.25) is 0 Å². The first-order valence-electron chi connectivity index (χ1n) is 6.23. The molecule has 1 aliphatic rings. The first kappa shape index (κ1) is 11.5. The first-order valence-corrected chi connectivity index (χ1v) is 6.23. The largest absolute Gasteiger partial charge is 0.399 e. The van der Waals surface area contributed by atoms with E-state index in [1.54, 1.807) is 0 Å². The molecule has 0 bridgehead atoms. The summed E-state index contributed by atoms with van der Waals surface area (Å²) in [7, 11) is 0. The van der Waals surface area contributed by atoms with Crippen molar-refractivity contribution in [2.75, 3.05) is 12.3 Å². The summed E-state index contributed by atoms with van der Waals surface area (Å²) >= 11 is 0. The summed E-state index contributed by atoms with van der Waals surface area (Å²) in [5.41, 5.74) is 8.41. The van der Waals surface area contributed by atoms with Crippen molar-refractivity contribution in [3.63, 3.8) is 0 Å². The smallest absolute Gasteiger partial charge is 0.0317 e. The molecule has 2 nitrogen and oxygen atoms in total. The van der Waals surface area contributed by atoms with Gasteiger partial charge in [0.25, 0.3) is 0 Å². The van der Waals surface area contributed by atoms with Gasteiger partial charge in [-0.05, 0) is 36.0 Å². The molecule has 1 aromatic rings. The zero-order valence-corrected chi connectivity index (χ0v) is 10.1. The van der Waals surface area contributed by atoms with Crippen LogP contribution in [0.25, 0.3) is 0 Å². The molecule has 0 aliphatic heterocycles. The quantitative estimate of drug-likeness (QED) is 0.763. The summed E-state index contributed by atoms with van der Waals surface area (Å²) in [6, 6.07) is 8.12. The number of benzene rings is 1. The van der Waals surface area contributed by atoms with Crippen molar-refractivity contribution in [1.82, 2.24) is 5.32 Å². The maximum absolute atomic E-state index is 5.75. The molecule has 2 heteroatoms. The molecule has 1 aromatic carbocycles. The number of hydrogen-bond donors (Lipinski definition) is 2. The maximum atomic E-state index is 5.75. The Bertz CT molecular complexity index is 340. The Morgan fingerprint density at radius 3 is 2.75 bits per heavy atom. The van der Waals surface area contributed by atoms with Crippen LogP contribution in [0.1, 0.15) is 38.2 Å². The van der Waals surface area contributed by atoms with Crippen LogP contribution in [0, 0.1) is 5.41 Å². The van der Waals surface area contributed by atoms with E-state index in [-0.39, 0.29) is 0 Å². The molecule has 0 heterocycles. The zero-order chi connectivity index (χ0) is 11.4. The summed E-state index contributed by atoms with van der Waals surface area (Å²) < 4.78 is 0. The van der Waals surface area contributed by atoms with Crippen molar-refractivity contribution >= 4 is 5.69 Å². The molecule has 1 saturated carbocycles. The van der Waals surface area contributed by atoms with E-state index in [1.165, 1.54) is 31.2 Å². The molecule has 0 radical (unpaired) electrons. The lowest BCUT2D eigenvalue weighted by molar-refractivity contribution is 0.314. The van der Waals surface area contributed by atoms with Crippen molar-refractivity contribution in [3.05, 3.63) is 29.8 Å². The molecule has 16 heavy (non-hydrogen) atoms. The number of nitrogen functional groups attached to an aromatic ring is 1. The molecular weight excluding hydrogens is 196 g/mol. The van der Waals surface area contributed by atoms with Gasteiger partial charge in [0.05, 0.1) is 0 Å². The SMILES string of the molecule is CC1(CNCc2cccc(N)c2)CCCC1. The van der Waals surface area contributed by atoms with E-state index >= 15 is 0 Å². The molecule has 3 N–H and O–H groups in total. The van der Waals surface area contributed by atoms with Crippen molar-refractivity contribution in [1.29, 1.82) is 0 Å². The van der Waals surface area contributed by atoms with E-state index in [9.17, 15) is 0 Å². The topological polar surface area (TPSA) is 38.0 Å². The summed E-state index contributed by atoms with van der Waals surface area (Å²) in [4.78, 5) is 0.